The first-order valence-electron chi connectivity index (χ1n) is 11.0. The maximum atomic E-state index is 12.7. The number of anilines is 1. The van der Waals surface area contributed by atoms with Gasteiger partial charge in [0.05, 0.1) is 15.9 Å². The van der Waals surface area contributed by atoms with Gasteiger partial charge in [0.25, 0.3) is 0 Å². The Kier molecular flexibility index (Phi) is 6.58. The molecule has 2 amide bonds. The van der Waals surface area contributed by atoms with Gasteiger partial charge in [0, 0.05) is 44.7 Å². The zero-order valence-corrected chi connectivity index (χ0v) is 19.6. The van der Waals surface area contributed by atoms with Crippen molar-refractivity contribution in [3.05, 3.63) is 59.0 Å². The highest BCUT2D eigenvalue weighted by atomic mass is 32.2. The second kappa shape index (κ2) is 9.43. The van der Waals surface area contributed by atoms with Crippen molar-refractivity contribution in [2.24, 2.45) is 18.1 Å². The third kappa shape index (κ3) is 4.90. The van der Waals surface area contributed by atoms with Crippen LogP contribution in [-0.2, 0) is 33.2 Å². The number of likely N-dealkylation sites (tertiary alicyclic amines) is 1. The smallest absolute Gasteiger partial charge is 0.328 e. The van der Waals surface area contributed by atoms with Crippen LogP contribution in [0.15, 0.2) is 58.2 Å². The quantitative estimate of drug-likeness (QED) is 0.542. The number of aryl methyl sites for hydroxylation is 2. The molecule has 1 saturated heterocycles. The number of nitrogens with two attached hydrogens (primary N) is 1. The van der Waals surface area contributed by atoms with E-state index in [0.717, 1.165) is 11.0 Å². The van der Waals surface area contributed by atoms with Crippen LogP contribution in [0.1, 0.15) is 19.3 Å². The number of nitrogens with one attached hydrogen (secondary N) is 1. The van der Waals surface area contributed by atoms with Crippen LogP contribution in [0.25, 0.3) is 11.0 Å². The Hall–Kier alpha value is -3.44. The van der Waals surface area contributed by atoms with Gasteiger partial charge in [0.1, 0.15) is 0 Å². The number of imidazole rings is 1. The van der Waals surface area contributed by atoms with E-state index in [1.54, 1.807) is 21.1 Å². The van der Waals surface area contributed by atoms with Crippen molar-refractivity contribution in [1.82, 2.24) is 14.0 Å². The molecule has 2 aromatic carbocycles. The van der Waals surface area contributed by atoms with Crippen LogP contribution >= 0.6 is 0 Å². The number of aromatic nitrogens is 2. The summed E-state index contributed by atoms with van der Waals surface area (Å²) in [5.41, 5.74) is 1.96. The van der Waals surface area contributed by atoms with E-state index in [4.69, 9.17) is 5.14 Å². The lowest BCUT2D eigenvalue weighted by molar-refractivity contribution is -0.134. The number of primary sulfonamides is 1. The molecule has 1 aliphatic rings. The lowest BCUT2D eigenvalue weighted by Gasteiger charge is -2.31. The van der Waals surface area contributed by atoms with Gasteiger partial charge in [-0.25, -0.2) is 18.4 Å². The van der Waals surface area contributed by atoms with Gasteiger partial charge in [-0.3, -0.25) is 18.7 Å². The molecule has 3 N–H and O–H groups in total. The van der Waals surface area contributed by atoms with Crippen molar-refractivity contribution in [3.8, 4) is 0 Å². The average molecular weight is 486 g/mol. The molecule has 0 atom stereocenters. The van der Waals surface area contributed by atoms with Crippen LogP contribution in [-0.4, -0.2) is 47.4 Å². The maximum absolute atomic E-state index is 12.7. The summed E-state index contributed by atoms with van der Waals surface area (Å²) < 4.78 is 25.9. The zero-order valence-electron chi connectivity index (χ0n) is 18.8. The molecule has 10 nitrogen and oxygen atoms in total. The third-order valence-corrected chi connectivity index (χ3v) is 7.20. The van der Waals surface area contributed by atoms with Crippen LogP contribution < -0.4 is 16.1 Å². The molecular weight excluding hydrogens is 458 g/mol. The van der Waals surface area contributed by atoms with Crippen molar-refractivity contribution in [3.63, 3.8) is 0 Å². The topological polar surface area (TPSA) is 136 Å². The number of benzene rings is 2. The maximum Gasteiger partial charge on any atom is 0.328 e. The van der Waals surface area contributed by atoms with Crippen LogP contribution in [0.2, 0.25) is 0 Å². The minimum atomic E-state index is -3.79. The lowest BCUT2D eigenvalue weighted by Crippen LogP contribution is -2.42. The lowest BCUT2D eigenvalue weighted by atomic mass is 9.95. The first kappa shape index (κ1) is 23.7. The summed E-state index contributed by atoms with van der Waals surface area (Å²) in [4.78, 5) is 39.6. The number of sulfonamides is 1. The SMILES string of the molecule is Cn1c(=O)n(CCC(=O)N2CCC(C(=O)Nc3ccc(S(N)(=O)=O)cc3)CC2)c2ccccc21. The summed E-state index contributed by atoms with van der Waals surface area (Å²) in [5, 5.41) is 7.87. The molecule has 1 aromatic heterocycles. The minimum Gasteiger partial charge on any atom is -0.343 e. The third-order valence-electron chi connectivity index (χ3n) is 6.27. The standard InChI is InChI=1S/C23H27N5O5S/c1-26-19-4-2-3-5-20(19)28(23(26)31)15-12-21(29)27-13-10-16(11-14-27)22(30)25-17-6-8-18(9-7-17)34(24,32)33/h2-9,16H,10-15H2,1H3,(H,25,30)(H2,24,32,33). The molecule has 2 heterocycles. The summed E-state index contributed by atoms with van der Waals surface area (Å²) in [5.74, 6) is -0.460. The van der Waals surface area contributed by atoms with Crippen molar-refractivity contribution < 1.29 is 18.0 Å². The Labute approximate surface area is 197 Å². The van der Waals surface area contributed by atoms with E-state index in [1.807, 2.05) is 24.3 Å². The van der Waals surface area contributed by atoms with Gasteiger partial charge in [-0.15, -0.1) is 0 Å². The monoisotopic (exact) mass is 485 g/mol. The highest BCUT2D eigenvalue weighted by Crippen LogP contribution is 2.21. The van der Waals surface area contributed by atoms with Crippen molar-refractivity contribution in [2.45, 2.75) is 30.7 Å². The first-order valence-corrected chi connectivity index (χ1v) is 12.6. The van der Waals surface area contributed by atoms with Gasteiger partial charge in [-0.1, -0.05) is 12.1 Å². The molecule has 3 aromatic rings. The molecular formula is C23H27N5O5S. The minimum absolute atomic E-state index is 0.0249. The van der Waals surface area contributed by atoms with E-state index in [-0.39, 0.29) is 34.7 Å². The second-order valence-electron chi connectivity index (χ2n) is 8.45. The number of fused-ring (bicyclic) bond motifs is 1. The van der Waals surface area contributed by atoms with E-state index < -0.39 is 10.0 Å². The Morgan fingerprint density at radius 3 is 2.26 bits per heavy atom. The van der Waals surface area contributed by atoms with Gasteiger partial charge in [0.2, 0.25) is 21.8 Å². The Morgan fingerprint density at radius 1 is 1.03 bits per heavy atom. The van der Waals surface area contributed by atoms with Crippen LogP contribution in [0.3, 0.4) is 0 Å². The number of hydrogen-bond donors (Lipinski definition) is 2. The molecule has 0 radical (unpaired) electrons. The molecule has 34 heavy (non-hydrogen) atoms. The molecule has 0 aliphatic carbocycles. The average Bonchev–Trinajstić information content (AvgIpc) is 3.07. The number of piperidine rings is 1. The molecule has 0 spiro atoms. The Morgan fingerprint density at radius 2 is 1.65 bits per heavy atom. The van der Waals surface area contributed by atoms with E-state index >= 15 is 0 Å². The molecule has 1 fully saturated rings. The normalized spacial score (nSPS) is 14.9. The number of amides is 2. The summed E-state index contributed by atoms with van der Waals surface area (Å²) in [7, 11) is -2.07. The van der Waals surface area contributed by atoms with Gasteiger partial charge < -0.3 is 10.2 Å². The molecule has 1 aliphatic heterocycles. The van der Waals surface area contributed by atoms with E-state index in [0.29, 0.717) is 38.2 Å². The fourth-order valence-electron chi connectivity index (χ4n) is 4.31. The predicted octanol–water partition coefficient (Wildman–Crippen LogP) is 1.25. The number of para-hydroxylation sites is 2. The number of nitrogens with zero attached hydrogens (tertiary/aromatic N) is 3. The Balaban J connectivity index is 1.30. The van der Waals surface area contributed by atoms with Gasteiger partial charge in [-0.05, 0) is 49.2 Å². The van der Waals surface area contributed by atoms with Crippen LogP contribution in [0.5, 0.6) is 0 Å². The zero-order chi connectivity index (χ0) is 24.5. The van der Waals surface area contributed by atoms with Gasteiger partial charge >= 0.3 is 5.69 Å². The van der Waals surface area contributed by atoms with Gasteiger partial charge in [-0.2, -0.15) is 0 Å². The molecule has 0 unspecified atom stereocenters. The number of rotatable bonds is 6. The van der Waals surface area contributed by atoms with Crippen molar-refractivity contribution in [2.75, 3.05) is 18.4 Å². The van der Waals surface area contributed by atoms with Crippen LogP contribution in [0.4, 0.5) is 5.69 Å². The van der Waals surface area contributed by atoms with Crippen LogP contribution in [0, 0.1) is 5.92 Å². The molecule has 0 bridgehead atoms. The number of carbonyl (C=O) groups is 2. The highest BCUT2D eigenvalue weighted by molar-refractivity contribution is 7.89. The predicted molar refractivity (Wildman–Crippen MR) is 128 cm³/mol. The summed E-state index contributed by atoms with van der Waals surface area (Å²) in [6.07, 6.45) is 1.27. The van der Waals surface area contributed by atoms with E-state index in [2.05, 4.69) is 5.32 Å². The van der Waals surface area contributed by atoms with E-state index in [1.165, 1.54) is 24.3 Å². The van der Waals surface area contributed by atoms with Crippen molar-refractivity contribution >= 4 is 38.6 Å². The summed E-state index contributed by atoms with van der Waals surface area (Å²) in [6, 6.07) is 13.1. The van der Waals surface area contributed by atoms with Crippen molar-refractivity contribution in [1.29, 1.82) is 0 Å². The Bertz CT molecular complexity index is 1380. The molecule has 4 rings (SSSR count). The van der Waals surface area contributed by atoms with E-state index in [9.17, 15) is 22.8 Å². The summed E-state index contributed by atoms with van der Waals surface area (Å²) >= 11 is 0. The number of carbonyl (C=O) groups excluding carboxylic acids is 2. The number of hydrogen-bond acceptors (Lipinski definition) is 5. The largest absolute Gasteiger partial charge is 0.343 e. The second-order valence-corrected chi connectivity index (χ2v) is 10.0. The highest BCUT2D eigenvalue weighted by Gasteiger charge is 2.27. The molecule has 11 heteroatoms. The fourth-order valence-corrected chi connectivity index (χ4v) is 4.82. The summed E-state index contributed by atoms with van der Waals surface area (Å²) in [6.45, 7) is 1.23. The van der Waals surface area contributed by atoms with Gasteiger partial charge in [0.15, 0.2) is 0 Å². The fraction of sp³-hybridized carbons (Fsp3) is 0.348. The first-order chi connectivity index (χ1) is 16.1. The molecule has 0 saturated carbocycles. The molecule has 180 valence electrons.